The maximum Gasteiger partial charge on any atom is 0.142 e. The monoisotopic (exact) mass is 205 g/mol. The summed E-state index contributed by atoms with van der Waals surface area (Å²) in [4.78, 5) is 4.41. The van der Waals surface area contributed by atoms with Crippen molar-refractivity contribution in [2.45, 2.75) is 27.2 Å². The average molecular weight is 205 g/mol. The molecule has 1 aromatic carbocycles. The van der Waals surface area contributed by atoms with Crippen LogP contribution in [0.5, 0.6) is 0 Å². The fourth-order valence-electron chi connectivity index (χ4n) is 1.42. The Morgan fingerprint density at radius 2 is 2.13 bits per heavy atom. The van der Waals surface area contributed by atoms with E-state index in [1.54, 1.807) is 0 Å². The standard InChI is InChI=1S/C12H19N3/c1-4-7-14-12(15-13)11-8-9(2)5-6-10(11)3/h5-6,8H,4,7,13H2,1-3H3,(H,14,15). The van der Waals surface area contributed by atoms with Gasteiger partial charge in [-0.05, 0) is 31.9 Å². The highest BCUT2D eigenvalue weighted by atomic mass is 15.2. The number of aryl methyl sites for hydroxylation is 2. The molecule has 0 radical (unpaired) electrons. The third kappa shape index (κ3) is 3.06. The Balaban J connectivity index is 3.05. The maximum atomic E-state index is 5.48. The zero-order valence-electron chi connectivity index (χ0n) is 9.67. The third-order valence-electron chi connectivity index (χ3n) is 2.28. The second-order valence-corrected chi connectivity index (χ2v) is 3.69. The first-order chi connectivity index (χ1) is 7.19. The van der Waals surface area contributed by atoms with Crippen molar-refractivity contribution in [2.75, 3.05) is 6.54 Å². The van der Waals surface area contributed by atoms with Gasteiger partial charge >= 0.3 is 0 Å². The minimum atomic E-state index is 0.776. The van der Waals surface area contributed by atoms with Crippen LogP contribution in [0, 0.1) is 13.8 Å². The van der Waals surface area contributed by atoms with Crippen LogP contribution in [0.4, 0.5) is 0 Å². The second-order valence-electron chi connectivity index (χ2n) is 3.69. The molecule has 0 fully saturated rings. The van der Waals surface area contributed by atoms with Crippen LogP contribution in [0.1, 0.15) is 30.0 Å². The van der Waals surface area contributed by atoms with Crippen LogP contribution >= 0.6 is 0 Å². The number of nitrogens with zero attached hydrogens (tertiary/aromatic N) is 1. The van der Waals surface area contributed by atoms with Crippen LogP contribution in [0.2, 0.25) is 0 Å². The van der Waals surface area contributed by atoms with Crippen LogP contribution in [0.3, 0.4) is 0 Å². The van der Waals surface area contributed by atoms with Gasteiger partial charge in [-0.1, -0.05) is 24.6 Å². The minimum Gasteiger partial charge on any atom is -0.308 e. The molecule has 15 heavy (non-hydrogen) atoms. The molecule has 82 valence electrons. The van der Waals surface area contributed by atoms with Crippen LogP contribution in [0.15, 0.2) is 23.2 Å². The molecule has 1 aromatic rings. The van der Waals surface area contributed by atoms with E-state index >= 15 is 0 Å². The zero-order valence-corrected chi connectivity index (χ0v) is 9.67. The van der Waals surface area contributed by atoms with Crippen molar-refractivity contribution < 1.29 is 0 Å². The molecule has 3 nitrogen and oxygen atoms in total. The van der Waals surface area contributed by atoms with Crippen molar-refractivity contribution in [2.24, 2.45) is 10.8 Å². The Morgan fingerprint density at radius 3 is 2.73 bits per heavy atom. The molecule has 3 N–H and O–H groups in total. The molecule has 0 heterocycles. The van der Waals surface area contributed by atoms with Gasteiger partial charge in [0.2, 0.25) is 0 Å². The van der Waals surface area contributed by atoms with Gasteiger partial charge in [-0.15, -0.1) is 0 Å². The summed E-state index contributed by atoms with van der Waals surface area (Å²) < 4.78 is 0. The number of amidine groups is 1. The highest BCUT2D eigenvalue weighted by molar-refractivity contribution is 5.99. The van der Waals surface area contributed by atoms with Crippen LogP contribution in [0.25, 0.3) is 0 Å². The molecule has 0 amide bonds. The lowest BCUT2D eigenvalue weighted by Crippen LogP contribution is -2.32. The highest BCUT2D eigenvalue weighted by Crippen LogP contribution is 2.10. The van der Waals surface area contributed by atoms with Gasteiger partial charge in [0, 0.05) is 12.1 Å². The van der Waals surface area contributed by atoms with E-state index in [0.29, 0.717) is 0 Å². The number of rotatable bonds is 3. The van der Waals surface area contributed by atoms with Crippen molar-refractivity contribution in [1.29, 1.82) is 0 Å². The molecule has 0 saturated heterocycles. The minimum absolute atomic E-state index is 0.776. The lowest BCUT2D eigenvalue weighted by molar-refractivity contribution is 0.907. The van der Waals surface area contributed by atoms with Crippen molar-refractivity contribution >= 4 is 5.84 Å². The van der Waals surface area contributed by atoms with Crippen LogP contribution in [-0.4, -0.2) is 12.4 Å². The Labute approximate surface area is 91.4 Å². The summed E-state index contributed by atoms with van der Waals surface area (Å²) in [6.07, 6.45) is 1.02. The first-order valence-electron chi connectivity index (χ1n) is 5.27. The number of hydrazine groups is 1. The van der Waals surface area contributed by atoms with Crippen molar-refractivity contribution in [3.8, 4) is 0 Å². The molecule has 0 aliphatic carbocycles. The SMILES string of the molecule is CCCN=C(NN)c1cc(C)ccc1C. The maximum absolute atomic E-state index is 5.48. The molecule has 0 aliphatic rings. The third-order valence-corrected chi connectivity index (χ3v) is 2.28. The van der Waals surface area contributed by atoms with Gasteiger partial charge in [0.05, 0.1) is 0 Å². The van der Waals surface area contributed by atoms with Crippen molar-refractivity contribution in [3.05, 3.63) is 34.9 Å². The van der Waals surface area contributed by atoms with E-state index in [1.807, 2.05) is 0 Å². The van der Waals surface area contributed by atoms with Gasteiger partial charge in [0.15, 0.2) is 0 Å². The highest BCUT2D eigenvalue weighted by Gasteiger charge is 2.04. The Kier molecular flexibility index (Phi) is 4.31. The van der Waals surface area contributed by atoms with E-state index < -0.39 is 0 Å². The fraction of sp³-hybridized carbons (Fsp3) is 0.417. The summed E-state index contributed by atoms with van der Waals surface area (Å²) >= 11 is 0. The van der Waals surface area contributed by atoms with Crippen molar-refractivity contribution in [3.63, 3.8) is 0 Å². The molecule has 0 bridgehead atoms. The lowest BCUT2D eigenvalue weighted by atomic mass is 10.0. The van der Waals surface area contributed by atoms with E-state index in [1.165, 1.54) is 11.1 Å². The molecule has 0 aromatic heterocycles. The van der Waals surface area contributed by atoms with E-state index in [-0.39, 0.29) is 0 Å². The molecule has 0 atom stereocenters. The predicted octanol–water partition coefficient (Wildman–Crippen LogP) is 1.92. The molecule has 0 saturated carbocycles. The van der Waals surface area contributed by atoms with Gasteiger partial charge < -0.3 is 5.43 Å². The molecular formula is C12H19N3. The lowest BCUT2D eigenvalue weighted by Gasteiger charge is -2.09. The van der Waals surface area contributed by atoms with E-state index in [0.717, 1.165) is 24.4 Å². The number of nitrogens with two attached hydrogens (primary N) is 1. The van der Waals surface area contributed by atoms with Gasteiger partial charge in [0.25, 0.3) is 0 Å². The number of hydrogen-bond donors (Lipinski definition) is 2. The summed E-state index contributed by atoms with van der Waals surface area (Å²) in [5.41, 5.74) is 6.17. The summed E-state index contributed by atoms with van der Waals surface area (Å²) in [5, 5.41) is 0. The van der Waals surface area contributed by atoms with E-state index in [4.69, 9.17) is 5.84 Å². The molecule has 3 heteroatoms. The van der Waals surface area contributed by atoms with E-state index in [2.05, 4.69) is 49.4 Å². The van der Waals surface area contributed by atoms with Gasteiger partial charge in [-0.25, -0.2) is 5.84 Å². The Hall–Kier alpha value is -1.35. The quantitative estimate of drug-likeness (QED) is 0.343. The van der Waals surface area contributed by atoms with E-state index in [9.17, 15) is 0 Å². The second kappa shape index (κ2) is 5.51. The first kappa shape index (κ1) is 11.7. The Bertz CT molecular complexity index is 356. The first-order valence-corrected chi connectivity index (χ1v) is 5.27. The number of hydrogen-bond acceptors (Lipinski definition) is 2. The summed E-state index contributed by atoms with van der Waals surface area (Å²) in [6.45, 7) is 7.03. The van der Waals surface area contributed by atoms with Gasteiger partial charge in [0.1, 0.15) is 5.84 Å². The summed E-state index contributed by atoms with van der Waals surface area (Å²) in [5.74, 6) is 6.26. The van der Waals surface area contributed by atoms with Crippen LogP contribution in [-0.2, 0) is 0 Å². The Morgan fingerprint density at radius 1 is 1.40 bits per heavy atom. The average Bonchev–Trinajstić information content (AvgIpc) is 2.24. The summed E-state index contributed by atoms with van der Waals surface area (Å²) in [6, 6.07) is 6.28. The van der Waals surface area contributed by atoms with Gasteiger partial charge in [-0.3, -0.25) is 4.99 Å². The molecular weight excluding hydrogens is 186 g/mol. The number of nitrogens with one attached hydrogen (secondary N) is 1. The van der Waals surface area contributed by atoms with Crippen molar-refractivity contribution in [1.82, 2.24) is 5.43 Å². The normalized spacial score (nSPS) is 11.6. The summed E-state index contributed by atoms with van der Waals surface area (Å²) in [7, 11) is 0. The topological polar surface area (TPSA) is 50.4 Å². The number of benzene rings is 1. The molecule has 1 rings (SSSR count). The predicted molar refractivity (Wildman–Crippen MR) is 64.9 cm³/mol. The van der Waals surface area contributed by atoms with Gasteiger partial charge in [-0.2, -0.15) is 0 Å². The fourth-order valence-corrected chi connectivity index (χ4v) is 1.42. The largest absolute Gasteiger partial charge is 0.308 e. The zero-order chi connectivity index (χ0) is 11.3. The number of aliphatic imine (C=N–C) groups is 1. The molecule has 0 aliphatic heterocycles. The molecule has 0 unspecified atom stereocenters. The molecule has 0 spiro atoms. The van der Waals surface area contributed by atoms with Crippen LogP contribution < -0.4 is 11.3 Å². The smallest absolute Gasteiger partial charge is 0.142 e.